The summed E-state index contributed by atoms with van der Waals surface area (Å²) in [4.78, 5) is 14.7. The molecule has 0 unspecified atom stereocenters. The lowest BCUT2D eigenvalue weighted by molar-refractivity contribution is 0.0969. The maximum absolute atomic E-state index is 10.8. The Bertz CT molecular complexity index is 251. The van der Waals surface area contributed by atoms with Gasteiger partial charge in [0.05, 0.1) is 5.69 Å². The molecule has 0 aromatic carbocycles. The highest BCUT2D eigenvalue weighted by molar-refractivity contribution is 5.97. The number of aryl methyl sites for hydroxylation is 1. The second-order valence-corrected chi connectivity index (χ2v) is 2.05. The van der Waals surface area contributed by atoms with Crippen molar-refractivity contribution >= 4 is 5.78 Å². The summed E-state index contributed by atoms with van der Waals surface area (Å²) in [5.74, 6) is 0.553. The average Bonchev–Trinajstić information content (AvgIpc) is 2.35. The summed E-state index contributed by atoms with van der Waals surface area (Å²) < 4.78 is 4.83. The van der Waals surface area contributed by atoms with E-state index in [1.807, 2.05) is 0 Å². The molecule has 0 saturated carbocycles. The van der Waals surface area contributed by atoms with Crippen molar-refractivity contribution in [3.63, 3.8) is 0 Å². The normalized spacial score (nSPS) is 16.2. The van der Waals surface area contributed by atoms with E-state index in [9.17, 15) is 4.79 Å². The third-order valence-corrected chi connectivity index (χ3v) is 1.48. The summed E-state index contributed by atoms with van der Waals surface area (Å²) in [5, 5.41) is 0. The highest BCUT2D eigenvalue weighted by Gasteiger charge is 2.23. The zero-order valence-electron chi connectivity index (χ0n) is 4.76. The van der Waals surface area contributed by atoms with E-state index in [0.29, 0.717) is 12.2 Å². The van der Waals surface area contributed by atoms with Crippen LogP contribution in [0, 0.1) is 0 Å². The summed E-state index contributed by atoms with van der Waals surface area (Å²) >= 11 is 0. The van der Waals surface area contributed by atoms with Crippen LogP contribution in [0.4, 0.5) is 0 Å². The third kappa shape index (κ3) is 0.512. The highest BCUT2D eigenvalue weighted by Crippen LogP contribution is 2.19. The van der Waals surface area contributed by atoms with E-state index >= 15 is 0 Å². The van der Waals surface area contributed by atoms with Gasteiger partial charge in [0.25, 0.3) is 0 Å². The molecule has 0 amide bonds. The molecule has 46 valence electrons. The number of ketones is 1. The van der Waals surface area contributed by atoms with Crippen LogP contribution in [0.2, 0.25) is 0 Å². The molecule has 3 heteroatoms. The Kier molecular flexibility index (Phi) is 0.754. The summed E-state index contributed by atoms with van der Waals surface area (Å²) in [6, 6.07) is 0. The van der Waals surface area contributed by atoms with E-state index in [2.05, 4.69) is 4.98 Å². The van der Waals surface area contributed by atoms with Crippen molar-refractivity contribution in [1.82, 2.24) is 4.98 Å². The number of oxazole rings is 1. The molecule has 0 spiro atoms. The summed E-state index contributed by atoms with van der Waals surface area (Å²) in [5.41, 5.74) is 0.819. The lowest BCUT2D eigenvalue weighted by atomic mass is 10.3. The molecule has 0 fully saturated rings. The molecule has 1 heterocycles. The fourth-order valence-electron chi connectivity index (χ4n) is 1.02. The standard InChI is InChI=1S/C6H5NO2/c8-5-2-1-4-6(5)9-3-7-4/h3H,1-2H2. The van der Waals surface area contributed by atoms with Crippen LogP contribution in [0.15, 0.2) is 10.8 Å². The summed E-state index contributed by atoms with van der Waals surface area (Å²) in [6.45, 7) is 0. The first-order chi connectivity index (χ1) is 4.38. The molecule has 1 aromatic heterocycles. The molecule has 0 N–H and O–H groups in total. The number of carbonyl (C=O) groups is 1. The summed E-state index contributed by atoms with van der Waals surface area (Å²) in [7, 11) is 0. The van der Waals surface area contributed by atoms with E-state index in [4.69, 9.17) is 4.42 Å². The van der Waals surface area contributed by atoms with Crippen molar-refractivity contribution in [2.45, 2.75) is 12.8 Å². The molecule has 3 nitrogen and oxygen atoms in total. The summed E-state index contributed by atoms with van der Waals surface area (Å²) in [6.07, 6.45) is 2.65. The number of nitrogens with zero attached hydrogens (tertiary/aromatic N) is 1. The van der Waals surface area contributed by atoms with Gasteiger partial charge in [0.2, 0.25) is 0 Å². The van der Waals surface area contributed by atoms with Crippen molar-refractivity contribution in [2.75, 3.05) is 0 Å². The second-order valence-electron chi connectivity index (χ2n) is 2.05. The van der Waals surface area contributed by atoms with Crippen LogP contribution in [0.1, 0.15) is 22.7 Å². The zero-order valence-corrected chi connectivity index (χ0v) is 4.76. The first-order valence-corrected chi connectivity index (χ1v) is 2.83. The maximum Gasteiger partial charge on any atom is 0.200 e. The van der Waals surface area contributed by atoms with Crippen LogP contribution < -0.4 is 0 Å². The molecule has 0 bridgehead atoms. The Morgan fingerprint density at radius 1 is 1.56 bits per heavy atom. The van der Waals surface area contributed by atoms with Gasteiger partial charge in [-0.3, -0.25) is 4.79 Å². The van der Waals surface area contributed by atoms with E-state index < -0.39 is 0 Å². The number of fused-ring (bicyclic) bond motifs is 1. The average molecular weight is 123 g/mol. The second kappa shape index (κ2) is 1.43. The number of Topliss-reactive ketones (excluding diaryl/α,β-unsaturated/α-hetero) is 1. The van der Waals surface area contributed by atoms with Crippen LogP contribution in [0.3, 0.4) is 0 Å². The lowest BCUT2D eigenvalue weighted by Gasteiger charge is -1.77. The van der Waals surface area contributed by atoms with Gasteiger partial charge in [-0.25, -0.2) is 4.98 Å². The fourth-order valence-corrected chi connectivity index (χ4v) is 1.02. The zero-order chi connectivity index (χ0) is 6.27. The smallest absolute Gasteiger partial charge is 0.200 e. The number of carbonyl (C=O) groups excluding carboxylic acids is 1. The molecular formula is C6H5NO2. The van der Waals surface area contributed by atoms with Crippen LogP contribution in [0.25, 0.3) is 0 Å². The Morgan fingerprint density at radius 3 is 3.22 bits per heavy atom. The largest absolute Gasteiger partial charge is 0.440 e. The van der Waals surface area contributed by atoms with Gasteiger partial charge in [0.15, 0.2) is 17.9 Å². The van der Waals surface area contributed by atoms with E-state index in [0.717, 1.165) is 12.1 Å². The van der Waals surface area contributed by atoms with Crippen molar-refractivity contribution in [1.29, 1.82) is 0 Å². The molecule has 9 heavy (non-hydrogen) atoms. The van der Waals surface area contributed by atoms with Gasteiger partial charge in [-0.1, -0.05) is 0 Å². The first-order valence-electron chi connectivity index (χ1n) is 2.83. The molecule has 0 aliphatic heterocycles. The van der Waals surface area contributed by atoms with Crippen molar-refractivity contribution < 1.29 is 9.21 Å². The Hall–Kier alpha value is -1.12. The van der Waals surface area contributed by atoms with Gasteiger partial charge in [-0.15, -0.1) is 0 Å². The van der Waals surface area contributed by atoms with Crippen molar-refractivity contribution in [3.8, 4) is 0 Å². The highest BCUT2D eigenvalue weighted by atomic mass is 16.3. The Balaban J connectivity index is 2.61. The minimum Gasteiger partial charge on any atom is -0.440 e. The van der Waals surface area contributed by atoms with E-state index in [1.165, 1.54) is 6.39 Å². The van der Waals surface area contributed by atoms with Gasteiger partial charge in [0.1, 0.15) is 0 Å². The monoisotopic (exact) mass is 123 g/mol. The quantitative estimate of drug-likeness (QED) is 0.512. The molecule has 1 aromatic rings. The molecule has 0 atom stereocenters. The van der Waals surface area contributed by atoms with Gasteiger partial charge >= 0.3 is 0 Å². The van der Waals surface area contributed by atoms with Crippen LogP contribution in [0.5, 0.6) is 0 Å². The molecule has 1 aliphatic rings. The van der Waals surface area contributed by atoms with Gasteiger partial charge < -0.3 is 4.42 Å². The minimum atomic E-state index is 0.0856. The Morgan fingerprint density at radius 2 is 2.44 bits per heavy atom. The topological polar surface area (TPSA) is 43.1 Å². The number of aromatic nitrogens is 1. The molecule has 1 aliphatic carbocycles. The first kappa shape index (κ1) is 4.73. The van der Waals surface area contributed by atoms with Crippen LogP contribution in [-0.4, -0.2) is 10.8 Å². The number of hydrogen-bond acceptors (Lipinski definition) is 3. The number of rotatable bonds is 0. The molecule has 0 saturated heterocycles. The fraction of sp³-hybridized carbons (Fsp3) is 0.333. The van der Waals surface area contributed by atoms with E-state index in [1.54, 1.807) is 0 Å². The third-order valence-electron chi connectivity index (χ3n) is 1.48. The predicted octanol–water partition coefficient (Wildman–Crippen LogP) is 0.803. The van der Waals surface area contributed by atoms with Gasteiger partial charge in [-0.05, 0) is 0 Å². The van der Waals surface area contributed by atoms with E-state index in [-0.39, 0.29) is 5.78 Å². The number of hydrogen-bond donors (Lipinski definition) is 0. The lowest BCUT2D eigenvalue weighted by Crippen LogP contribution is -1.86. The van der Waals surface area contributed by atoms with Crippen molar-refractivity contribution in [2.24, 2.45) is 0 Å². The SMILES string of the molecule is O=C1CCc2ncoc21. The Labute approximate surface area is 51.7 Å². The molecule has 2 rings (SSSR count). The molecule has 0 radical (unpaired) electrons. The van der Waals surface area contributed by atoms with Crippen LogP contribution in [-0.2, 0) is 6.42 Å². The predicted molar refractivity (Wildman–Crippen MR) is 29.2 cm³/mol. The van der Waals surface area contributed by atoms with Crippen LogP contribution >= 0.6 is 0 Å². The van der Waals surface area contributed by atoms with Crippen molar-refractivity contribution in [3.05, 3.63) is 17.8 Å². The maximum atomic E-state index is 10.8. The van der Waals surface area contributed by atoms with Gasteiger partial charge in [-0.2, -0.15) is 0 Å². The van der Waals surface area contributed by atoms with Gasteiger partial charge in [0, 0.05) is 12.8 Å². The molecular weight excluding hydrogens is 118 g/mol. The minimum absolute atomic E-state index is 0.0856.